The molecule has 0 aromatic carbocycles. The third-order valence-corrected chi connectivity index (χ3v) is 7.95. The molecule has 0 aromatic rings. The van der Waals surface area contributed by atoms with Crippen LogP contribution in [0.3, 0.4) is 0 Å². The van der Waals surface area contributed by atoms with Gasteiger partial charge in [-0.25, -0.2) is 0 Å². The summed E-state index contributed by atoms with van der Waals surface area (Å²) >= 11 is 0. The van der Waals surface area contributed by atoms with E-state index in [0.717, 1.165) is 19.3 Å². The largest absolute Gasteiger partial charge is 0.299 e. The van der Waals surface area contributed by atoms with Crippen LogP contribution in [-0.2, 0) is 9.59 Å². The molecule has 130 valence electrons. The van der Waals surface area contributed by atoms with E-state index in [1.165, 1.54) is 30.4 Å². The van der Waals surface area contributed by atoms with Crippen molar-refractivity contribution < 1.29 is 9.59 Å². The van der Waals surface area contributed by atoms with Crippen molar-refractivity contribution in [2.24, 2.45) is 35.0 Å². The van der Waals surface area contributed by atoms with Gasteiger partial charge < -0.3 is 0 Å². The molecule has 0 aromatic heterocycles. The summed E-state index contributed by atoms with van der Waals surface area (Å²) in [5.74, 6) is 3.64. The summed E-state index contributed by atoms with van der Waals surface area (Å²) in [5.41, 5.74) is 2.87. The SMILES string of the molecule is CCC(=O)[C@H]1CC[C@H]2[C@@H]3C=C(C)C4=CC(=O)CC[C@@H]4[C@H]3CC[C@]12C. The molecule has 6 atom stereocenters. The summed E-state index contributed by atoms with van der Waals surface area (Å²) in [7, 11) is 0. The van der Waals surface area contributed by atoms with Crippen molar-refractivity contribution in [2.75, 3.05) is 0 Å². The second kappa shape index (κ2) is 5.68. The van der Waals surface area contributed by atoms with Crippen molar-refractivity contribution in [3.8, 4) is 0 Å². The molecular weight excluding hydrogens is 296 g/mol. The Labute approximate surface area is 145 Å². The summed E-state index contributed by atoms with van der Waals surface area (Å²) in [6.07, 6.45) is 11.6. The van der Waals surface area contributed by atoms with Gasteiger partial charge in [-0.05, 0) is 79.8 Å². The Kier molecular flexibility index (Phi) is 3.85. The highest BCUT2D eigenvalue weighted by Crippen LogP contribution is 2.63. The van der Waals surface area contributed by atoms with E-state index in [1.54, 1.807) is 0 Å². The minimum atomic E-state index is 0.205. The summed E-state index contributed by atoms with van der Waals surface area (Å²) in [4.78, 5) is 24.4. The number of carbonyl (C=O) groups is 2. The molecule has 0 amide bonds. The van der Waals surface area contributed by atoms with Crippen LogP contribution in [0.4, 0.5) is 0 Å². The Balaban J connectivity index is 1.70. The van der Waals surface area contributed by atoms with Gasteiger partial charge in [-0.1, -0.05) is 25.5 Å². The van der Waals surface area contributed by atoms with Crippen molar-refractivity contribution in [1.29, 1.82) is 0 Å². The van der Waals surface area contributed by atoms with Gasteiger partial charge in [0.1, 0.15) is 5.78 Å². The van der Waals surface area contributed by atoms with Crippen molar-refractivity contribution >= 4 is 11.6 Å². The second-order valence-electron chi connectivity index (χ2n) is 8.90. The number of Topliss-reactive ketones (excluding diaryl/α,β-unsaturated/α-hetero) is 1. The van der Waals surface area contributed by atoms with Crippen molar-refractivity contribution in [3.05, 3.63) is 23.3 Å². The van der Waals surface area contributed by atoms with E-state index in [2.05, 4.69) is 19.9 Å². The molecule has 0 aliphatic heterocycles. The Morgan fingerprint density at radius 3 is 2.79 bits per heavy atom. The first kappa shape index (κ1) is 16.3. The van der Waals surface area contributed by atoms with E-state index in [9.17, 15) is 9.59 Å². The molecular formula is C22H30O2. The van der Waals surface area contributed by atoms with Crippen molar-refractivity contribution in [1.82, 2.24) is 0 Å². The number of rotatable bonds is 2. The van der Waals surface area contributed by atoms with E-state index in [4.69, 9.17) is 0 Å². The Morgan fingerprint density at radius 2 is 2.04 bits per heavy atom. The van der Waals surface area contributed by atoms with Gasteiger partial charge in [-0.3, -0.25) is 9.59 Å². The first-order valence-corrected chi connectivity index (χ1v) is 9.91. The number of carbonyl (C=O) groups excluding carboxylic acids is 2. The maximum atomic E-state index is 12.5. The monoisotopic (exact) mass is 326 g/mol. The zero-order valence-corrected chi connectivity index (χ0v) is 15.3. The Bertz CT molecular complexity index is 640. The molecule has 4 aliphatic carbocycles. The lowest BCUT2D eigenvalue weighted by atomic mass is 9.52. The minimum Gasteiger partial charge on any atom is -0.299 e. The minimum absolute atomic E-state index is 0.205. The summed E-state index contributed by atoms with van der Waals surface area (Å²) in [5, 5.41) is 0. The second-order valence-corrected chi connectivity index (χ2v) is 8.90. The molecule has 0 radical (unpaired) electrons. The van der Waals surface area contributed by atoms with Crippen LogP contribution in [0.1, 0.15) is 65.7 Å². The summed E-state index contributed by atoms with van der Waals surface area (Å²) < 4.78 is 0. The smallest absolute Gasteiger partial charge is 0.156 e. The number of ketones is 2. The van der Waals surface area contributed by atoms with Gasteiger partial charge in [0, 0.05) is 18.8 Å². The highest BCUT2D eigenvalue weighted by atomic mass is 16.1. The number of hydrogen-bond donors (Lipinski definition) is 0. The predicted octanol–water partition coefficient (Wildman–Crippen LogP) is 4.89. The quantitative estimate of drug-likeness (QED) is 0.724. The van der Waals surface area contributed by atoms with Crippen LogP contribution in [-0.4, -0.2) is 11.6 Å². The van der Waals surface area contributed by atoms with Gasteiger partial charge in [-0.2, -0.15) is 0 Å². The normalized spacial score (nSPS) is 44.1. The maximum absolute atomic E-state index is 12.5. The van der Waals surface area contributed by atoms with Crippen LogP contribution >= 0.6 is 0 Å². The third kappa shape index (κ3) is 2.21. The lowest BCUT2D eigenvalue weighted by molar-refractivity contribution is -0.128. The van der Waals surface area contributed by atoms with Crippen molar-refractivity contribution in [2.45, 2.75) is 65.7 Å². The van der Waals surface area contributed by atoms with E-state index < -0.39 is 0 Å². The molecule has 0 N–H and O–H groups in total. The molecule has 4 aliphatic rings. The van der Waals surface area contributed by atoms with Gasteiger partial charge >= 0.3 is 0 Å². The molecule has 2 fully saturated rings. The van der Waals surface area contributed by atoms with Gasteiger partial charge in [0.15, 0.2) is 5.78 Å². The van der Waals surface area contributed by atoms with E-state index in [1.807, 2.05) is 13.0 Å². The fourth-order valence-corrected chi connectivity index (χ4v) is 6.75. The van der Waals surface area contributed by atoms with Crippen LogP contribution < -0.4 is 0 Å². The summed E-state index contributed by atoms with van der Waals surface area (Å²) in [6.45, 7) is 6.62. The molecule has 24 heavy (non-hydrogen) atoms. The predicted molar refractivity (Wildman–Crippen MR) is 95.4 cm³/mol. The summed E-state index contributed by atoms with van der Waals surface area (Å²) in [6, 6.07) is 0. The van der Waals surface area contributed by atoms with Gasteiger partial charge in [0.25, 0.3) is 0 Å². The van der Waals surface area contributed by atoms with Crippen LogP contribution in [0.15, 0.2) is 23.3 Å². The fraction of sp³-hybridized carbons (Fsp3) is 0.727. The molecule has 0 unspecified atom stereocenters. The van der Waals surface area contributed by atoms with Gasteiger partial charge in [0.05, 0.1) is 0 Å². The molecule has 2 saturated carbocycles. The lowest BCUT2D eigenvalue weighted by Crippen LogP contribution is -2.46. The molecule has 4 rings (SSSR count). The Morgan fingerprint density at radius 1 is 1.25 bits per heavy atom. The molecule has 2 nitrogen and oxygen atoms in total. The van der Waals surface area contributed by atoms with E-state index in [0.29, 0.717) is 41.7 Å². The first-order chi connectivity index (χ1) is 11.5. The highest BCUT2D eigenvalue weighted by Gasteiger charge is 2.57. The number of allylic oxidation sites excluding steroid dienone is 4. The third-order valence-electron chi connectivity index (χ3n) is 7.95. The van der Waals surface area contributed by atoms with Gasteiger partial charge in [-0.15, -0.1) is 0 Å². The molecule has 0 heterocycles. The molecule has 0 spiro atoms. The topological polar surface area (TPSA) is 34.1 Å². The highest BCUT2D eigenvalue weighted by molar-refractivity contribution is 5.92. The average molecular weight is 326 g/mol. The standard InChI is InChI=1S/C22H30O2/c1-4-21(24)20-8-7-19-18-11-13(2)17-12-14(23)5-6-15(17)16(18)9-10-22(19,20)3/h11-12,15-16,18-20H,4-10H2,1-3H3/t15-,16-,18-,19+,20-,22+/m1/s1. The van der Waals surface area contributed by atoms with E-state index in [-0.39, 0.29) is 11.3 Å². The zero-order valence-electron chi connectivity index (χ0n) is 15.3. The first-order valence-electron chi connectivity index (χ1n) is 9.91. The van der Waals surface area contributed by atoms with Crippen LogP contribution in [0, 0.1) is 35.0 Å². The molecule has 0 saturated heterocycles. The zero-order chi connectivity index (χ0) is 17.1. The Hall–Kier alpha value is -1.18. The molecule has 2 heteroatoms. The van der Waals surface area contributed by atoms with Gasteiger partial charge in [0.2, 0.25) is 0 Å². The average Bonchev–Trinajstić information content (AvgIpc) is 2.92. The van der Waals surface area contributed by atoms with Crippen LogP contribution in [0.5, 0.6) is 0 Å². The maximum Gasteiger partial charge on any atom is 0.156 e. The molecule has 0 bridgehead atoms. The fourth-order valence-electron chi connectivity index (χ4n) is 6.75. The van der Waals surface area contributed by atoms with Crippen LogP contribution in [0.2, 0.25) is 0 Å². The lowest BCUT2D eigenvalue weighted by Gasteiger charge is -2.52. The van der Waals surface area contributed by atoms with Crippen LogP contribution in [0.25, 0.3) is 0 Å². The van der Waals surface area contributed by atoms with E-state index >= 15 is 0 Å². The number of hydrogen-bond acceptors (Lipinski definition) is 2. The van der Waals surface area contributed by atoms with Crippen molar-refractivity contribution in [3.63, 3.8) is 0 Å². The number of fused-ring (bicyclic) bond motifs is 5.